The summed E-state index contributed by atoms with van der Waals surface area (Å²) >= 11 is 0. The molecule has 0 radical (unpaired) electrons. The van der Waals surface area contributed by atoms with Crippen molar-refractivity contribution in [1.82, 2.24) is 0 Å². The monoisotopic (exact) mass is 230 g/mol. The first-order valence-electron chi connectivity index (χ1n) is 5.50. The van der Waals surface area contributed by atoms with Crippen molar-refractivity contribution in [2.75, 3.05) is 0 Å². The normalized spacial score (nSPS) is 10.8. The van der Waals surface area contributed by atoms with Crippen LogP contribution in [-0.4, -0.2) is 17.2 Å². The van der Waals surface area contributed by atoms with E-state index < -0.39 is 5.97 Å². The first-order chi connectivity index (χ1) is 8.06. The Labute approximate surface area is 99.6 Å². The van der Waals surface area contributed by atoms with E-state index in [2.05, 4.69) is 0 Å². The summed E-state index contributed by atoms with van der Waals surface area (Å²) in [5, 5.41) is 10.8. The number of carboxylic acids is 1. The fourth-order valence-corrected chi connectivity index (χ4v) is 1.70. The molecule has 0 saturated heterocycles. The maximum atomic E-state index is 10.9. The van der Waals surface area contributed by atoms with Crippen LogP contribution >= 0.6 is 0 Å². The number of ether oxygens (including phenoxy) is 1. The minimum atomic E-state index is -0.915. The average molecular weight is 230 g/mol. The smallest absolute Gasteiger partial charge is 0.335 e. The summed E-state index contributed by atoms with van der Waals surface area (Å²) in [6.45, 7) is 3.91. The van der Waals surface area contributed by atoms with Crippen LogP contribution in [0.5, 0.6) is 5.75 Å². The summed E-state index contributed by atoms with van der Waals surface area (Å²) in [5.74, 6) is -0.155. The van der Waals surface area contributed by atoms with E-state index in [1.54, 1.807) is 18.2 Å². The molecule has 0 bridgehead atoms. The average Bonchev–Trinajstić information content (AvgIpc) is 2.27. The van der Waals surface area contributed by atoms with E-state index in [-0.39, 0.29) is 6.10 Å². The van der Waals surface area contributed by atoms with Crippen molar-refractivity contribution in [3.8, 4) is 5.75 Å². The molecule has 0 aliphatic rings. The third kappa shape index (κ3) is 2.56. The molecule has 0 aliphatic heterocycles. The van der Waals surface area contributed by atoms with Gasteiger partial charge in [0.25, 0.3) is 0 Å². The minimum absolute atomic E-state index is 0.107. The number of hydrogen-bond donors (Lipinski definition) is 1. The number of benzene rings is 2. The van der Waals surface area contributed by atoms with Gasteiger partial charge in [-0.3, -0.25) is 0 Å². The SMILES string of the molecule is CC(C)Oc1ccc2ccc(C(=O)O)cc2c1. The van der Waals surface area contributed by atoms with Crippen LogP contribution in [0.4, 0.5) is 0 Å². The molecule has 2 aromatic rings. The predicted molar refractivity (Wildman–Crippen MR) is 66.7 cm³/mol. The predicted octanol–water partition coefficient (Wildman–Crippen LogP) is 3.33. The highest BCUT2D eigenvalue weighted by atomic mass is 16.5. The number of rotatable bonds is 3. The third-order valence-electron chi connectivity index (χ3n) is 2.43. The summed E-state index contributed by atoms with van der Waals surface area (Å²) < 4.78 is 5.58. The number of fused-ring (bicyclic) bond motifs is 1. The van der Waals surface area contributed by atoms with Crippen molar-refractivity contribution in [3.05, 3.63) is 42.0 Å². The fourth-order valence-electron chi connectivity index (χ4n) is 1.70. The minimum Gasteiger partial charge on any atom is -0.491 e. The number of aromatic carboxylic acids is 1. The molecule has 88 valence electrons. The molecule has 0 spiro atoms. The van der Waals surface area contributed by atoms with Gasteiger partial charge in [-0.15, -0.1) is 0 Å². The van der Waals surface area contributed by atoms with Crippen LogP contribution in [0.2, 0.25) is 0 Å². The van der Waals surface area contributed by atoms with E-state index in [0.717, 1.165) is 16.5 Å². The molecule has 2 aromatic carbocycles. The van der Waals surface area contributed by atoms with Gasteiger partial charge in [0.15, 0.2) is 0 Å². The molecule has 0 amide bonds. The van der Waals surface area contributed by atoms with Gasteiger partial charge in [-0.1, -0.05) is 12.1 Å². The van der Waals surface area contributed by atoms with E-state index in [4.69, 9.17) is 9.84 Å². The van der Waals surface area contributed by atoms with Crippen LogP contribution in [0.25, 0.3) is 10.8 Å². The van der Waals surface area contributed by atoms with Gasteiger partial charge in [-0.2, -0.15) is 0 Å². The Kier molecular flexibility index (Phi) is 3.00. The molecular weight excluding hydrogens is 216 g/mol. The number of hydrogen-bond acceptors (Lipinski definition) is 2. The van der Waals surface area contributed by atoms with Crippen LogP contribution in [0.1, 0.15) is 24.2 Å². The molecule has 3 heteroatoms. The third-order valence-corrected chi connectivity index (χ3v) is 2.43. The highest BCUT2D eigenvalue weighted by Gasteiger charge is 2.05. The second-order valence-electron chi connectivity index (χ2n) is 4.20. The quantitative estimate of drug-likeness (QED) is 0.879. The van der Waals surface area contributed by atoms with Gasteiger partial charge in [0, 0.05) is 0 Å². The maximum absolute atomic E-state index is 10.9. The van der Waals surface area contributed by atoms with Crippen LogP contribution < -0.4 is 4.74 Å². The summed E-state index contributed by atoms with van der Waals surface area (Å²) in [6, 6.07) is 10.7. The Morgan fingerprint density at radius 3 is 2.47 bits per heavy atom. The Bertz CT molecular complexity index is 558. The second kappa shape index (κ2) is 4.45. The zero-order valence-corrected chi connectivity index (χ0v) is 9.81. The van der Waals surface area contributed by atoms with Crippen LogP contribution in [0, 0.1) is 0 Å². The van der Waals surface area contributed by atoms with Gasteiger partial charge in [0.05, 0.1) is 11.7 Å². The molecule has 1 N–H and O–H groups in total. The molecule has 0 aliphatic carbocycles. The maximum Gasteiger partial charge on any atom is 0.335 e. The van der Waals surface area contributed by atoms with E-state index >= 15 is 0 Å². The van der Waals surface area contributed by atoms with Crippen molar-refractivity contribution < 1.29 is 14.6 Å². The van der Waals surface area contributed by atoms with Gasteiger partial charge in [-0.05, 0) is 48.9 Å². The van der Waals surface area contributed by atoms with Crippen molar-refractivity contribution in [3.63, 3.8) is 0 Å². The van der Waals surface area contributed by atoms with Crippen molar-refractivity contribution in [2.24, 2.45) is 0 Å². The van der Waals surface area contributed by atoms with Gasteiger partial charge < -0.3 is 9.84 Å². The molecule has 0 fully saturated rings. The lowest BCUT2D eigenvalue weighted by molar-refractivity contribution is 0.0697. The lowest BCUT2D eigenvalue weighted by atomic mass is 10.1. The molecular formula is C14H14O3. The van der Waals surface area contributed by atoms with Gasteiger partial charge in [0.1, 0.15) is 5.75 Å². The van der Waals surface area contributed by atoms with E-state index in [0.29, 0.717) is 5.56 Å². The zero-order chi connectivity index (χ0) is 12.4. The van der Waals surface area contributed by atoms with Gasteiger partial charge >= 0.3 is 5.97 Å². The van der Waals surface area contributed by atoms with Crippen molar-refractivity contribution in [1.29, 1.82) is 0 Å². The summed E-state index contributed by atoms with van der Waals surface area (Å²) in [7, 11) is 0. The molecule has 17 heavy (non-hydrogen) atoms. The lowest BCUT2D eigenvalue weighted by Gasteiger charge is -2.10. The molecule has 3 nitrogen and oxygen atoms in total. The molecule has 0 unspecified atom stereocenters. The van der Waals surface area contributed by atoms with E-state index in [1.165, 1.54) is 0 Å². The Hall–Kier alpha value is -2.03. The molecule has 2 rings (SSSR count). The Balaban J connectivity index is 2.47. The van der Waals surface area contributed by atoms with Crippen LogP contribution in [-0.2, 0) is 0 Å². The van der Waals surface area contributed by atoms with E-state index in [1.807, 2.05) is 32.0 Å². The Morgan fingerprint density at radius 2 is 1.82 bits per heavy atom. The van der Waals surface area contributed by atoms with Gasteiger partial charge in [-0.25, -0.2) is 4.79 Å². The highest BCUT2D eigenvalue weighted by Crippen LogP contribution is 2.22. The van der Waals surface area contributed by atoms with Crippen LogP contribution in [0.15, 0.2) is 36.4 Å². The second-order valence-corrected chi connectivity index (χ2v) is 4.20. The largest absolute Gasteiger partial charge is 0.491 e. The molecule has 0 atom stereocenters. The summed E-state index contributed by atoms with van der Waals surface area (Å²) in [5.41, 5.74) is 0.291. The van der Waals surface area contributed by atoms with Crippen molar-refractivity contribution in [2.45, 2.75) is 20.0 Å². The van der Waals surface area contributed by atoms with Crippen LogP contribution in [0.3, 0.4) is 0 Å². The summed E-state index contributed by atoms with van der Waals surface area (Å²) in [6.07, 6.45) is 0.107. The fraction of sp³-hybridized carbons (Fsp3) is 0.214. The standard InChI is InChI=1S/C14H14O3/c1-9(2)17-13-6-5-10-3-4-11(14(15)16)7-12(10)8-13/h3-9H,1-2H3,(H,15,16). The van der Waals surface area contributed by atoms with E-state index in [9.17, 15) is 4.79 Å². The Morgan fingerprint density at radius 1 is 1.12 bits per heavy atom. The zero-order valence-electron chi connectivity index (χ0n) is 9.81. The first-order valence-corrected chi connectivity index (χ1v) is 5.50. The lowest BCUT2D eigenvalue weighted by Crippen LogP contribution is -2.05. The number of carbonyl (C=O) groups is 1. The summed E-state index contributed by atoms with van der Waals surface area (Å²) in [4.78, 5) is 10.9. The van der Waals surface area contributed by atoms with Gasteiger partial charge in [0.2, 0.25) is 0 Å². The van der Waals surface area contributed by atoms with Crippen molar-refractivity contribution >= 4 is 16.7 Å². The molecule has 0 saturated carbocycles. The first kappa shape index (κ1) is 11.5. The topological polar surface area (TPSA) is 46.5 Å². The molecule has 0 aromatic heterocycles. The highest BCUT2D eigenvalue weighted by molar-refractivity contribution is 5.94. The molecule has 0 heterocycles. The number of carboxylic acid groups (broad SMARTS) is 1.